The molecule has 0 aliphatic heterocycles. The zero-order valence-electron chi connectivity index (χ0n) is 5.92. The van der Waals surface area contributed by atoms with E-state index in [0.29, 0.717) is 0 Å². The molecule has 0 fully saturated rings. The van der Waals surface area contributed by atoms with Gasteiger partial charge in [-0.2, -0.15) is 0 Å². The Morgan fingerprint density at radius 2 is 1.25 bits per heavy atom. The molecule has 0 atom stereocenters. The molecule has 0 heterocycles. The predicted molar refractivity (Wildman–Crippen MR) is 43.9 cm³/mol. The van der Waals surface area contributed by atoms with Gasteiger partial charge in [-0.25, -0.2) is 0 Å². The second kappa shape index (κ2) is 5.08. The summed E-state index contributed by atoms with van der Waals surface area (Å²) in [6.07, 6.45) is 0. The van der Waals surface area contributed by atoms with Crippen LogP contribution in [0, 0.1) is 0 Å². The van der Waals surface area contributed by atoms with Gasteiger partial charge in [-0.05, 0) is 12.1 Å². The fourth-order valence-electron chi connectivity index (χ4n) is 0.428. The maximum absolute atomic E-state index is 9.75. The molecule has 0 saturated heterocycles. The summed E-state index contributed by atoms with van der Waals surface area (Å²) in [5.41, 5.74) is 0. The van der Waals surface area contributed by atoms with Crippen LogP contribution in [0.4, 0.5) is 17.3 Å². The molecular weight excluding hydrogens is 191 g/mol. The third-order valence-electron chi connectivity index (χ3n) is 0.756. The van der Waals surface area contributed by atoms with Gasteiger partial charge in [-0.3, -0.25) is 0 Å². The Bertz CT molecular complexity index is 205. The summed E-state index contributed by atoms with van der Waals surface area (Å²) in [4.78, 5) is 1.02. The molecule has 0 unspecified atom stereocenters. The molecule has 1 aromatic rings. The van der Waals surface area contributed by atoms with Gasteiger partial charge in [0.1, 0.15) is 0 Å². The van der Waals surface area contributed by atoms with Crippen LogP contribution < -0.4 is 0 Å². The maximum Gasteiger partial charge on any atom is 0.673 e. The van der Waals surface area contributed by atoms with E-state index in [1.807, 2.05) is 30.3 Å². The van der Waals surface area contributed by atoms with Gasteiger partial charge < -0.3 is 17.3 Å². The Hall–Kier alpha value is -0.645. The van der Waals surface area contributed by atoms with Gasteiger partial charge in [0.2, 0.25) is 0 Å². The molecule has 0 aliphatic rings. The van der Waals surface area contributed by atoms with E-state index in [0.717, 1.165) is 4.90 Å². The lowest BCUT2D eigenvalue weighted by Gasteiger charge is -1.94. The topological polar surface area (TPSA) is 0 Å². The molecule has 0 N–H and O–H groups in total. The summed E-state index contributed by atoms with van der Waals surface area (Å²) in [7, 11) is -6.00. The van der Waals surface area contributed by atoms with Crippen molar-refractivity contribution in [1.82, 2.24) is 0 Å². The predicted octanol–water partition coefficient (Wildman–Crippen LogP) is 3.28. The van der Waals surface area contributed by atoms with Gasteiger partial charge >= 0.3 is 7.25 Å². The Labute approximate surface area is 73.1 Å². The van der Waals surface area contributed by atoms with Gasteiger partial charge in [-0.1, -0.05) is 18.2 Å². The number of thiol groups is 1. The standard InChI is InChI=1S/C6H6S.BF4/c7-6-4-2-1-3-5-6;2-1(3,4)5/h1-5,7H;/q;-1. The fourth-order valence-corrected chi connectivity index (χ4v) is 0.600. The van der Waals surface area contributed by atoms with Gasteiger partial charge in [0.05, 0.1) is 0 Å². The quantitative estimate of drug-likeness (QED) is 0.368. The smallest absolute Gasteiger partial charge is 0.418 e. The van der Waals surface area contributed by atoms with Crippen LogP contribution in [0.2, 0.25) is 0 Å². The Morgan fingerprint density at radius 3 is 1.42 bits per heavy atom. The summed E-state index contributed by atoms with van der Waals surface area (Å²) >= 11 is 4.08. The first-order chi connectivity index (χ1) is 5.39. The molecule has 12 heavy (non-hydrogen) atoms. The van der Waals surface area contributed by atoms with E-state index < -0.39 is 7.25 Å². The largest absolute Gasteiger partial charge is 0.673 e. The summed E-state index contributed by atoms with van der Waals surface area (Å²) in [6.45, 7) is 0. The van der Waals surface area contributed by atoms with Crippen LogP contribution in [0.15, 0.2) is 35.2 Å². The minimum atomic E-state index is -6.00. The van der Waals surface area contributed by atoms with Crippen LogP contribution in [0.3, 0.4) is 0 Å². The molecule has 0 bridgehead atoms. The maximum atomic E-state index is 9.75. The molecule has 0 amide bonds. The van der Waals surface area contributed by atoms with Crippen molar-refractivity contribution in [2.45, 2.75) is 4.90 Å². The average molecular weight is 197 g/mol. The first-order valence-corrected chi connectivity index (χ1v) is 3.45. The molecule has 1 rings (SSSR count). The second-order valence-electron chi connectivity index (χ2n) is 1.83. The molecule has 0 aliphatic carbocycles. The SMILES string of the molecule is F[B-](F)(F)F.Sc1ccccc1. The summed E-state index contributed by atoms with van der Waals surface area (Å²) < 4.78 is 39.0. The number of benzene rings is 1. The molecule has 0 spiro atoms. The van der Waals surface area contributed by atoms with Crippen molar-refractivity contribution in [2.75, 3.05) is 0 Å². The molecule has 6 heteroatoms. The van der Waals surface area contributed by atoms with Crippen LogP contribution in [0.1, 0.15) is 0 Å². The van der Waals surface area contributed by atoms with Crippen molar-refractivity contribution in [3.05, 3.63) is 30.3 Å². The van der Waals surface area contributed by atoms with E-state index in [1.165, 1.54) is 0 Å². The molecule has 0 nitrogen and oxygen atoms in total. The normalized spacial score (nSPS) is 10.1. The highest BCUT2D eigenvalue weighted by Gasteiger charge is 2.20. The molecule has 68 valence electrons. The van der Waals surface area contributed by atoms with E-state index in [1.54, 1.807) is 0 Å². The van der Waals surface area contributed by atoms with Gasteiger partial charge in [0.25, 0.3) is 0 Å². The van der Waals surface area contributed by atoms with E-state index >= 15 is 0 Å². The van der Waals surface area contributed by atoms with Crippen LogP contribution in [0.25, 0.3) is 0 Å². The highest BCUT2D eigenvalue weighted by Crippen LogP contribution is 2.06. The lowest BCUT2D eigenvalue weighted by molar-refractivity contribution is 0.368. The van der Waals surface area contributed by atoms with E-state index in [-0.39, 0.29) is 0 Å². The minimum absolute atomic E-state index is 1.02. The zero-order valence-corrected chi connectivity index (χ0v) is 6.82. The molecular formula is C6H6BF4S-. The number of hydrogen-bond acceptors (Lipinski definition) is 1. The summed E-state index contributed by atoms with van der Waals surface area (Å²) in [6, 6.07) is 9.79. The van der Waals surface area contributed by atoms with E-state index in [2.05, 4.69) is 12.6 Å². The molecule has 0 saturated carbocycles. The lowest BCUT2D eigenvalue weighted by Crippen LogP contribution is -2.02. The van der Waals surface area contributed by atoms with Crippen molar-refractivity contribution in [3.63, 3.8) is 0 Å². The monoisotopic (exact) mass is 197 g/mol. The van der Waals surface area contributed by atoms with Crippen molar-refractivity contribution >= 4 is 19.9 Å². The van der Waals surface area contributed by atoms with Crippen molar-refractivity contribution in [3.8, 4) is 0 Å². The average Bonchev–Trinajstić information content (AvgIpc) is 1.85. The Morgan fingerprint density at radius 1 is 0.917 bits per heavy atom. The number of halogens is 4. The number of rotatable bonds is 0. The highest BCUT2D eigenvalue weighted by molar-refractivity contribution is 7.80. The minimum Gasteiger partial charge on any atom is -0.418 e. The zero-order chi connectivity index (χ0) is 9.61. The lowest BCUT2D eigenvalue weighted by atomic mass is 10.3. The third-order valence-corrected chi connectivity index (χ3v) is 1.05. The van der Waals surface area contributed by atoms with Crippen molar-refractivity contribution < 1.29 is 17.3 Å². The van der Waals surface area contributed by atoms with Crippen LogP contribution in [-0.4, -0.2) is 7.25 Å². The fraction of sp³-hybridized carbons (Fsp3) is 0. The third kappa shape index (κ3) is 12.1. The second-order valence-corrected chi connectivity index (χ2v) is 2.35. The van der Waals surface area contributed by atoms with E-state index in [4.69, 9.17) is 0 Å². The Kier molecular flexibility index (Phi) is 4.81. The van der Waals surface area contributed by atoms with Crippen molar-refractivity contribution in [1.29, 1.82) is 0 Å². The van der Waals surface area contributed by atoms with Crippen LogP contribution in [-0.2, 0) is 0 Å². The van der Waals surface area contributed by atoms with Crippen LogP contribution in [0.5, 0.6) is 0 Å². The number of hydrogen-bond donors (Lipinski definition) is 1. The van der Waals surface area contributed by atoms with Gasteiger partial charge in [-0.15, -0.1) is 12.6 Å². The van der Waals surface area contributed by atoms with E-state index in [9.17, 15) is 17.3 Å². The Balaban J connectivity index is 0.000000217. The van der Waals surface area contributed by atoms with Gasteiger partial charge in [0.15, 0.2) is 0 Å². The summed E-state index contributed by atoms with van der Waals surface area (Å²) in [5, 5.41) is 0. The summed E-state index contributed by atoms with van der Waals surface area (Å²) in [5.74, 6) is 0. The highest BCUT2D eigenvalue weighted by atomic mass is 32.1. The molecule has 0 radical (unpaired) electrons. The first kappa shape index (κ1) is 11.4. The molecule has 0 aromatic heterocycles. The van der Waals surface area contributed by atoms with Crippen molar-refractivity contribution in [2.24, 2.45) is 0 Å². The van der Waals surface area contributed by atoms with Crippen LogP contribution >= 0.6 is 12.6 Å². The first-order valence-electron chi connectivity index (χ1n) is 3.01. The van der Waals surface area contributed by atoms with Gasteiger partial charge in [0, 0.05) is 4.90 Å². The molecule has 1 aromatic carbocycles.